The quantitative estimate of drug-likeness (QED) is 0.816. The Hall–Kier alpha value is -1.55. The van der Waals surface area contributed by atoms with Gasteiger partial charge < -0.3 is 4.74 Å². The van der Waals surface area contributed by atoms with Crippen molar-refractivity contribution in [2.45, 2.75) is 38.4 Å². The fourth-order valence-electron chi connectivity index (χ4n) is 1.89. The van der Waals surface area contributed by atoms with Gasteiger partial charge in [-0.05, 0) is 18.4 Å². The maximum Gasteiger partial charge on any atom is 0.431 e. The second-order valence-corrected chi connectivity index (χ2v) is 4.19. The average molecular weight is 235 g/mol. The van der Waals surface area contributed by atoms with Gasteiger partial charge in [0.15, 0.2) is 0 Å². The van der Waals surface area contributed by atoms with Gasteiger partial charge in [-0.15, -0.1) is 0 Å². The lowest BCUT2D eigenvalue weighted by Crippen LogP contribution is -2.28. The molecule has 1 N–H and O–H groups in total. The zero-order valence-electron chi connectivity index (χ0n) is 9.72. The highest BCUT2D eigenvalue weighted by molar-refractivity contribution is 5.65. The van der Waals surface area contributed by atoms with Gasteiger partial charge in [-0.25, -0.2) is 4.79 Å². The van der Waals surface area contributed by atoms with Gasteiger partial charge in [0.1, 0.15) is 6.61 Å². The van der Waals surface area contributed by atoms with Crippen molar-refractivity contribution in [3.8, 4) is 0 Å². The van der Waals surface area contributed by atoms with Gasteiger partial charge in [0.2, 0.25) is 0 Å². The first-order valence-corrected chi connectivity index (χ1v) is 5.97. The Labute approximate surface area is 101 Å². The summed E-state index contributed by atoms with van der Waals surface area (Å²) in [6.07, 6.45) is 3.99. The van der Waals surface area contributed by atoms with E-state index in [1.807, 2.05) is 30.3 Å². The van der Waals surface area contributed by atoms with Crippen molar-refractivity contribution in [3.63, 3.8) is 0 Å². The van der Waals surface area contributed by atoms with Crippen LogP contribution in [-0.2, 0) is 16.2 Å². The highest BCUT2D eigenvalue weighted by atomic mass is 16.7. The summed E-state index contributed by atoms with van der Waals surface area (Å²) in [5.74, 6) is 0. The standard InChI is InChI=1S/C13H17NO3/c15-13(14-17-12-8-4-5-9-12)16-10-11-6-2-1-3-7-11/h1-3,6-7,12H,4-5,8-10H2,(H,14,15). The van der Waals surface area contributed by atoms with Crippen LogP contribution in [0.15, 0.2) is 30.3 Å². The summed E-state index contributed by atoms with van der Waals surface area (Å²) in [4.78, 5) is 16.5. The lowest BCUT2D eigenvalue weighted by molar-refractivity contribution is -0.0214. The van der Waals surface area contributed by atoms with E-state index in [2.05, 4.69) is 5.48 Å². The third-order valence-corrected chi connectivity index (χ3v) is 2.82. The second-order valence-electron chi connectivity index (χ2n) is 4.19. The number of hydroxylamine groups is 1. The molecule has 17 heavy (non-hydrogen) atoms. The van der Waals surface area contributed by atoms with Crippen molar-refractivity contribution in [1.29, 1.82) is 0 Å². The number of hydrogen-bond acceptors (Lipinski definition) is 3. The Kier molecular flexibility index (Phi) is 4.38. The lowest BCUT2D eigenvalue weighted by Gasteiger charge is -2.11. The normalized spacial score (nSPS) is 15.8. The monoisotopic (exact) mass is 235 g/mol. The van der Waals surface area contributed by atoms with Gasteiger partial charge in [-0.1, -0.05) is 43.2 Å². The molecule has 0 bridgehead atoms. The number of carbonyl (C=O) groups is 1. The zero-order valence-corrected chi connectivity index (χ0v) is 9.72. The zero-order chi connectivity index (χ0) is 11.9. The number of ether oxygens (including phenoxy) is 1. The summed E-state index contributed by atoms with van der Waals surface area (Å²) in [5.41, 5.74) is 3.30. The maximum atomic E-state index is 11.3. The molecule has 0 radical (unpaired) electrons. The fourth-order valence-corrected chi connectivity index (χ4v) is 1.89. The Morgan fingerprint density at radius 3 is 2.65 bits per heavy atom. The molecule has 2 rings (SSSR count). The molecule has 1 saturated carbocycles. The maximum absolute atomic E-state index is 11.3. The molecular weight excluding hydrogens is 218 g/mol. The summed E-state index contributed by atoms with van der Waals surface area (Å²) < 4.78 is 5.01. The number of rotatable bonds is 4. The van der Waals surface area contributed by atoms with E-state index >= 15 is 0 Å². The molecule has 0 spiro atoms. The molecule has 0 aliphatic heterocycles. The van der Waals surface area contributed by atoms with E-state index in [0.717, 1.165) is 18.4 Å². The first kappa shape index (κ1) is 11.9. The minimum Gasteiger partial charge on any atom is -0.443 e. The van der Waals surface area contributed by atoms with Crippen molar-refractivity contribution < 1.29 is 14.4 Å². The van der Waals surface area contributed by atoms with Gasteiger partial charge in [-0.3, -0.25) is 4.84 Å². The van der Waals surface area contributed by atoms with E-state index in [9.17, 15) is 4.79 Å². The van der Waals surface area contributed by atoms with Crippen LogP contribution >= 0.6 is 0 Å². The third-order valence-electron chi connectivity index (χ3n) is 2.82. The summed E-state index contributed by atoms with van der Waals surface area (Å²) >= 11 is 0. The number of nitrogens with one attached hydrogen (secondary N) is 1. The van der Waals surface area contributed by atoms with Crippen molar-refractivity contribution in [1.82, 2.24) is 5.48 Å². The Morgan fingerprint density at radius 1 is 1.24 bits per heavy atom. The predicted molar refractivity (Wildman–Crippen MR) is 63.1 cm³/mol. The van der Waals surface area contributed by atoms with Crippen molar-refractivity contribution >= 4 is 6.09 Å². The minimum atomic E-state index is -0.527. The average Bonchev–Trinajstić information content (AvgIpc) is 2.88. The van der Waals surface area contributed by atoms with Crippen LogP contribution < -0.4 is 5.48 Å². The van der Waals surface area contributed by atoms with Gasteiger partial charge in [0, 0.05) is 0 Å². The van der Waals surface area contributed by atoms with E-state index < -0.39 is 6.09 Å². The number of benzene rings is 1. The number of amides is 1. The van der Waals surface area contributed by atoms with Crippen LogP contribution in [0.3, 0.4) is 0 Å². The van der Waals surface area contributed by atoms with E-state index in [1.54, 1.807) is 0 Å². The number of hydrogen-bond donors (Lipinski definition) is 1. The first-order chi connectivity index (χ1) is 8.34. The van der Waals surface area contributed by atoms with Crippen molar-refractivity contribution in [3.05, 3.63) is 35.9 Å². The Balaban J connectivity index is 1.64. The predicted octanol–water partition coefficient (Wildman–Crippen LogP) is 2.79. The topological polar surface area (TPSA) is 47.6 Å². The van der Waals surface area contributed by atoms with Crippen LogP contribution in [0.2, 0.25) is 0 Å². The van der Waals surface area contributed by atoms with Gasteiger partial charge in [-0.2, -0.15) is 5.48 Å². The lowest BCUT2D eigenvalue weighted by atomic mass is 10.2. The molecule has 1 fully saturated rings. The smallest absolute Gasteiger partial charge is 0.431 e. The van der Waals surface area contributed by atoms with Gasteiger partial charge in [0.25, 0.3) is 0 Å². The molecule has 1 amide bonds. The molecule has 1 aliphatic rings. The van der Waals surface area contributed by atoms with E-state index in [4.69, 9.17) is 9.57 Å². The van der Waals surface area contributed by atoms with Gasteiger partial charge >= 0.3 is 6.09 Å². The summed E-state index contributed by atoms with van der Waals surface area (Å²) in [7, 11) is 0. The SMILES string of the molecule is O=C(NOC1CCCC1)OCc1ccccc1. The second kappa shape index (κ2) is 6.25. The van der Waals surface area contributed by atoms with Crippen molar-refractivity contribution in [2.24, 2.45) is 0 Å². The molecule has 1 aromatic carbocycles. The first-order valence-electron chi connectivity index (χ1n) is 5.97. The van der Waals surface area contributed by atoms with Crippen LogP contribution in [-0.4, -0.2) is 12.2 Å². The summed E-state index contributed by atoms with van der Waals surface area (Å²) in [6.45, 7) is 0.265. The van der Waals surface area contributed by atoms with Crippen LogP contribution in [0.25, 0.3) is 0 Å². The molecule has 92 valence electrons. The molecule has 0 saturated heterocycles. The molecule has 0 heterocycles. The largest absolute Gasteiger partial charge is 0.443 e. The van der Waals surface area contributed by atoms with E-state index in [0.29, 0.717) is 0 Å². The molecule has 4 nitrogen and oxygen atoms in total. The molecular formula is C13H17NO3. The number of carbonyl (C=O) groups excluding carboxylic acids is 1. The Bertz CT molecular complexity index is 347. The minimum absolute atomic E-state index is 0.152. The highest BCUT2D eigenvalue weighted by Gasteiger charge is 2.17. The Morgan fingerprint density at radius 2 is 1.94 bits per heavy atom. The summed E-state index contributed by atoms with van der Waals surface area (Å²) in [5, 5.41) is 0. The van der Waals surface area contributed by atoms with Crippen LogP contribution in [0.5, 0.6) is 0 Å². The highest BCUT2D eigenvalue weighted by Crippen LogP contribution is 2.19. The fraction of sp³-hybridized carbons (Fsp3) is 0.462. The molecule has 0 unspecified atom stereocenters. The van der Waals surface area contributed by atoms with Gasteiger partial charge in [0.05, 0.1) is 6.10 Å². The molecule has 4 heteroatoms. The van der Waals surface area contributed by atoms with Crippen molar-refractivity contribution in [2.75, 3.05) is 0 Å². The third kappa shape index (κ3) is 4.07. The van der Waals surface area contributed by atoms with Crippen LogP contribution in [0, 0.1) is 0 Å². The molecule has 0 atom stereocenters. The van der Waals surface area contributed by atoms with E-state index in [1.165, 1.54) is 12.8 Å². The summed E-state index contributed by atoms with van der Waals surface area (Å²) in [6, 6.07) is 9.56. The molecule has 1 aliphatic carbocycles. The van der Waals surface area contributed by atoms with E-state index in [-0.39, 0.29) is 12.7 Å². The molecule has 1 aromatic rings. The van der Waals surface area contributed by atoms with Crippen LogP contribution in [0.1, 0.15) is 31.2 Å². The molecule has 0 aromatic heterocycles. The van der Waals surface area contributed by atoms with Crippen LogP contribution in [0.4, 0.5) is 4.79 Å².